The van der Waals surface area contributed by atoms with Crippen LogP contribution in [-0.2, 0) is 9.47 Å². The molecule has 0 saturated carbocycles. The van der Waals surface area contributed by atoms with E-state index in [0.29, 0.717) is 12.1 Å². The first-order chi connectivity index (χ1) is 13.0. The van der Waals surface area contributed by atoms with Crippen LogP contribution in [-0.4, -0.2) is 50.4 Å². The highest BCUT2D eigenvalue weighted by Crippen LogP contribution is 2.33. The molecule has 0 aliphatic carbocycles. The molecule has 3 unspecified atom stereocenters. The zero-order chi connectivity index (χ0) is 19.0. The molecule has 2 bridgehead atoms. The fourth-order valence-electron chi connectivity index (χ4n) is 3.05. The lowest BCUT2D eigenvalue weighted by Crippen LogP contribution is -2.38. The van der Waals surface area contributed by atoms with Crippen LogP contribution < -0.4 is 5.43 Å². The minimum Gasteiger partial charge on any atom is -0.507 e. The summed E-state index contributed by atoms with van der Waals surface area (Å²) in [4.78, 5) is 22.5. The van der Waals surface area contributed by atoms with E-state index in [1.807, 2.05) is 0 Å². The molecule has 140 valence electrons. The van der Waals surface area contributed by atoms with Gasteiger partial charge in [-0.1, -0.05) is 12.1 Å². The largest absolute Gasteiger partial charge is 0.507 e. The Bertz CT molecular complexity index is 926. The van der Waals surface area contributed by atoms with Crippen molar-refractivity contribution in [3.8, 4) is 5.75 Å². The molecule has 3 atom stereocenters. The molecule has 2 fully saturated rings. The zero-order valence-electron chi connectivity index (χ0n) is 13.9. The van der Waals surface area contributed by atoms with E-state index in [2.05, 4.69) is 15.6 Å². The Morgan fingerprint density at radius 2 is 2.26 bits per heavy atom. The molecule has 1 amide bonds. The number of nitrogens with one attached hydrogen (secondary N) is 1. The van der Waals surface area contributed by atoms with Crippen LogP contribution in [0.15, 0.2) is 41.8 Å². The molecular weight excluding hydrogens is 358 g/mol. The molecule has 2 aliphatic rings. The first-order valence-electron chi connectivity index (χ1n) is 8.13. The van der Waals surface area contributed by atoms with Gasteiger partial charge in [-0.15, -0.1) is 0 Å². The Balaban J connectivity index is 1.52. The predicted molar refractivity (Wildman–Crippen MR) is 90.2 cm³/mol. The third-order valence-corrected chi connectivity index (χ3v) is 4.42. The zero-order valence-corrected chi connectivity index (χ0v) is 13.9. The van der Waals surface area contributed by atoms with Gasteiger partial charge >= 0.3 is 5.69 Å². The molecule has 2 aromatic rings. The van der Waals surface area contributed by atoms with Crippen molar-refractivity contribution in [2.75, 3.05) is 6.61 Å². The topological polar surface area (TPSA) is 141 Å². The van der Waals surface area contributed by atoms with Gasteiger partial charge in [0, 0.05) is 6.42 Å². The summed E-state index contributed by atoms with van der Waals surface area (Å²) in [5, 5.41) is 28.7. The normalized spacial score (nSPS) is 25.5. The van der Waals surface area contributed by atoms with E-state index in [-0.39, 0.29) is 35.8 Å². The maximum Gasteiger partial charge on any atom is 0.307 e. The Morgan fingerprint density at radius 3 is 3.00 bits per heavy atom. The van der Waals surface area contributed by atoms with E-state index >= 15 is 0 Å². The Hall–Kier alpha value is -3.31. The van der Waals surface area contributed by atoms with E-state index in [1.165, 1.54) is 29.2 Å². The second kappa shape index (κ2) is 6.78. The van der Waals surface area contributed by atoms with E-state index in [0.717, 1.165) is 0 Å². The van der Waals surface area contributed by atoms with Gasteiger partial charge in [-0.05, 0) is 12.1 Å². The lowest BCUT2D eigenvalue weighted by molar-refractivity contribution is -0.385. The highest BCUT2D eigenvalue weighted by molar-refractivity contribution is 5.98. The molecule has 2 aliphatic heterocycles. The Kier molecular flexibility index (Phi) is 4.30. The van der Waals surface area contributed by atoms with Gasteiger partial charge in [0.25, 0.3) is 5.91 Å². The Labute approximate surface area is 152 Å². The fraction of sp³-hybridized carbons (Fsp3) is 0.312. The number of para-hydroxylation sites is 1. The standard InChI is InChI=1S/C16H15N5O6/c22-13-4-2-1-3-10(13)15(23)19-18-11-5-12(14-8-26-16(11)27-14)20-7-9(6-17-20)21(24)25/h1-4,6-7,12,14,16,22H,5,8H2,(H,19,23). The SMILES string of the molecule is O=C(NN=C1CC(n2cc([N+](=O)[O-])cn2)C2COC1O2)c1ccccc1O. The van der Waals surface area contributed by atoms with Gasteiger partial charge in [-0.25, -0.2) is 5.43 Å². The molecule has 0 radical (unpaired) electrons. The molecule has 4 rings (SSSR count). The van der Waals surface area contributed by atoms with Gasteiger partial charge in [0.1, 0.15) is 24.2 Å². The quantitative estimate of drug-likeness (QED) is 0.601. The first kappa shape index (κ1) is 17.1. The summed E-state index contributed by atoms with van der Waals surface area (Å²) in [7, 11) is 0. The summed E-state index contributed by atoms with van der Waals surface area (Å²) in [5.74, 6) is -0.735. The summed E-state index contributed by atoms with van der Waals surface area (Å²) < 4.78 is 12.7. The van der Waals surface area contributed by atoms with Gasteiger partial charge in [0.15, 0.2) is 6.29 Å². The van der Waals surface area contributed by atoms with Crippen molar-refractivity contribution < 1.29 is 24.3 Å². The van der Waals surface area contributed by atoms with Crippen molar-refractivity contribution in [2.24, 2.45) is 5.10 Å². The van der Waals surface area contributed by atoms with Gasteiger partial charge in [0.05, 0.1) is 28.8 Å². The lowest BCUT2D eigenvalue weighted by atomic mass is 10.0. The maximum atomic E-state index is 12.2. The van der Waals surface area contributed by atoms with Crippen LogP contribution in [0.5, 0.6) is 5.75 Å². The highest BCUT2D eigenvalue weighted by Gasteiger charge is 2.43. The first-order valence-corrected chi connectivity index (χ1v) is 8.13. The lowest BCUT2D eigenvalue weighted by Gasteiger charge is -2.28. The van der Waals surface area contributed by atoms with Crippen LogP contribution >= 0.6 is 0 Å². The van der Waals surface area contributed by atoms with Crippen LogP contribution in [0.2, 0.25) is 0 Å². The molecular formula is C16H15N5O6. The minimum atomic E-state index is -0.693. The Morgan fingerprint density at radius 1 is 1.44 bits per heavy atom. The molecule has 2 N–H and O–H groups in total. The monoisotopic (exact) mass is 373 g/mol. The van der Waals surface area contributed by atoms with Crippen LogP contribution in [0.25, 0.3) is 0 Å². The number of ether oxygens (including phenoxy) is 2. The number of nitro groups is 1. The number of nitrogens with zero attached hydrogens (tertiary/aromatic N) is 4. The van der Waals surface area contributed by atoms with E-state index in [4.69, 9.17) is 9.47 Å². The molecule has 27 heavy (non-hydrogen) atoms. The number of hydrazone groups is 1. The van der Waals surface area contributed by atoms with Crippen LogP contribution in [0.4, 0.5) is 5.69 Å². The maximum absolute atomic E-state index is 12.2. The van der Waals surface area contributed by atoms with E-state index in [9.17, 15) is 20.0 Å². The highest BCUT2D eigenvalue weighted by atomic mass is 16.7. The number of carbonyl (C=O) groups excluding carboxylic acids is 1. The van der Waals surface area contributed by atoms with E-state index < -0.39 is 17.1 Å². The molecule has 1 aromatic carbocycles. The number of fused-ring (bicyclic) bond motifs is 2. The van der Waals surface area contributed by atoms with Crippen LogP contribution in [0, 0.1) is 10.1 Å². The van der Waals surface area contributed by atoms with Gasteiger partial charge in [0.2, 0.25) is 0 Å². The smallest absolute Gasteiger partial charge is 0.307 e. The average molecular weight is 373 g/mol. The van der Waals surface area contributed by atoms with Crippen molar-refractivity contribution in [3.05, 3.63) is 52.3 Å². The van der Waals surface area contributed by atoms with Crippen LogP contribution in [0.1, 0.15) is 22.8 Å². The van der Waals surface area contributed by atoms with Crippen molar-refractivity contribution >= 4 is 17.3 Å². The summed E-state index contributed by atoms with van der Waals surface area (Å²) >= 11 is 0. The molecule has 11 heteroatoms. The number of phenolic OH excluding ortho intramolecular Hbond substituents is 1. The third-order valence-electron chi connectivity index (χ3n) is 4.42. The fourth-order valence-corrected chi connectivity index (χ4v) is 3.05. The number of benzene rings is 1. The minimum absolute atomic E-state index is 0.0862. The summed E-state index contributed by atoms with van der Waals surface area (Å²) in [5.41, 5.74) is 2.77. The van der Waals surface area contributed by atoms with Crippen molar-refractivity contribution in [2.45, 2.75) is 24.9 Å². The summed E-state index contributed by atoms with van der Waals surface area (Å²) in [6, 6.07) is 5.75. The van der Waals surface area contributed by atoms with Crippen molar-refractivity contribution in [1.82, 2.24) is 15.2 Å². The molecule has 1 aromatic heterocycles. The number of carbonyl (C=O) groups is 1. The molecule has 3 heterocycles. The van der Waals surface area contributed by atoms with Crippen molar-refractivity contribution in [1.29, 1.82) is 0 Å². The molecule has 2 saturated heterocycles. The predicted octanol–water partition coefficient (Wildman–Crippen LogP) is 0.969. The number of hydrogen-bond donors (Lipinski definition) is 2. The number of phenols is 1. The molecule has 0 spiro atoms. The second-order valence-corrected chi connectivity index (χ2v) is 6.11. The number of aromatic hydroxyl groups is 1. The third kappa shape index (κ3) is 3.25. The van der Waals surface area contributed by atoms with E-state index in [1.54, 1.807) is 12.1 Å². The number of hydrogen-bond acceptors (Lipinski definition) is 8. The van der Waals surface area contributed by atoms with Gasteiger partial charge < -0.3 is 14.6 Å². The number of aromatic nitrogens is 2. The van der Waals surface area contributed by atoms with Gasteiger partial charge in [-0.2, -0.15) is 10.2 Å². The van der Waals surface area contributed by atoms with Gasteiger partial charge in [-0.3, -0.25) is 19.6 Å². The average Bonchev–Trinajstić information content (AvgIpc) is 3.30. The number of amides is 1. The number of rotatable bonds is 4. The summed E-state index contributed by atoms with van der Waals surface area (Å²) in [6.45, 7) is 0.287. The second-order valence-electron chi connectivity index (χ2n) is 6.11. The molecule has 11 nitrogen and oxygen atoms in total. The summed E-state index contributed by atoms with van der Waals surface area (Å²) in [6.07, 6.45) is 1.82. The van der Waals surface area contributed by atoms with Crippen molar-refractivity contribution in [3.63, 3.8) is 0 Å². The van der Waals surface area contributed by atoms with Crippen LogP contribution in [0.3, 0.4) is 0 Å².